The van der Waals surface area contributed by atoms with Crippen LogP contribution in [0.5, 0.6) is 11.5 Å². The number of phenols is 1. The van der Waals surface area contributed by atoms with Crippen LogP contribution in [0.3, 0.4) is 0 Å². The zero-order valence-electron chi connectivity index (χ0n) is 16.3. The molecule has 160 valence electrons. The molecule has 0 aliphatic rings. The van der Waals surface area contributed by atoms with Crippen molar-refractivity contribution in [3.63, 3.8) is 0 Å². The van der Waals surface area contributed by atoms with Crippen LogP contribution < -0.4 is 15.5 Å². The second-order valence-corrected chi connectivity index (χ2v) is 7.18. The Labute approximate surface area is 182 Å². The van der Waals surface area contributed by atoms with E-state index in [-0.39, 0.29) is 5.75 Å². The van der Waals surface area contributed by atoms with E-state index in [2.05, 4.69) is 21.2 Å². The van der Waals surface area contributed by atoms with E-state index in [9.17, 15) is 14.7 Å². The van der Waals surface area contributed by atoms with Gasteiger partial charge in [0.05, 0.1) is 7.11 Å². The number of amides is 2. The summed E-state index contributed by atoms with van der Waals surface area (Å²) in [5, 5.41) is 21.2. The first-order valence-electron chi connectivity index (χ1n) is 9.13. The van der Waals surface area contributed by atoms with Crippen LogP contribution >= 0.6 is 15.9 Å². The maximum atomic E-state index is 12.4. The Morgan fingerprint density at radius 2 is 1.93 bits per heavy atom. The summed E-state index contributed by atoms with van der Waals surface area (Å²) in [6, 6.07) is 11.9. The number of aromatic hydroxyl groups is 1. The number of anilines is 1. The van der Waals surface area contributed by atoms with Crippen molar-refractivity contribution < 1.29 is 29.4 Å². The summed E-state index contributed by atoms with van der Waals surface area (Å²) in [4.78, 5) is 23.4. The van der Waals surface area contributed by atoms with Gasteiger partial charge in [0, 0.05) is 16.2 Å². The number of phenolic OH excluding ortho intramolecular Hbond substituents is 1. The molecule has 0 spiro atoms. The standard InChI is InChI=1S/C21H23BrN2O6/c1-29-19-12-7-14(13-17(19)25)18(5-3-2-4-6-20(26)24-28)30-21(27)23-16-10-8-15(22)9-11-16/h4,6-13,18,25,28H,2-3,5H2,1H3,(H,23,27)(H,24,26)/b6-4+/t18-/m0/s1. The molecule has 2 aromatic rings. The number of hydrogen-bond acceptors (Lipinski definition) is 6. The zero-order valence-corrected chi connectivity index (χ0v) is 17.9. The molecular weight excluding hydrogens is 456 g/mol. The first kappa shape index (κ1) is 23.2. The molecule has 0 aliphatic carbocycles. The van der Waals surface area contributed by atoms with Crippen molar-refractivity contribution in [2.75, 3.05) is 12.4 Å². The number of allylic oxidation sites excluding steroid dienone is 1. The number of ether oxygens (including phenoxy) is 2. The summed E-state index contributed by atoms with van der Waals surface area (Å²) in [6.45, 7) is 0. The number of hydroxylamine groups is 1. The highest BCUT2D eigenvalue weighted by Gasteiger charge is 2.18. The van der Waals surface area contributed by atoms with Gasteiger partial charge in [0.1, 0.15) is 6.10 Å². The molecule has 0 saturated carbocycles. The third-order valence-corrected chi connectivity index (χ3v) is 4.66. The van der Waals surface area contributed by atoms with Crippen LogP contribution in [0.2, 0.25) is 0 Å². The summed E-state index contributed by atoms with van der Waals surface area (Å²) < 4.78 is 11.5. The topological polar surface area (TPSA) is 117 Å². The van der Waals surface area contributed by atoms with Crippen LogP contribution in [0.4, 0.5) is 10.5 Å². The predicted molar refractivity (Wildman–Crippen MR) is 115 cm³/mol. The number of nitrogens with one attached hydrogen (secondary N) is 2. The number of methoxy groups -OCH3 is 1. The molecule has 0 radical (unpaired) electrons. The predicted octanol–water partition coefficient (Wildman–Crippen LogP) is 4.69. The number of rotatable bonds is 9. The van der Waals surface area contributed by atoms with Crippen molar-refractivity contribution in [2.45, 2.75) is 25.4 Å². The van der Waals surface area contributed by atoms with Crippen molar-refractivity contribution in [2.24, 2.45) is 0 Å². The van der Waals surface area contributed by atoms with Crippen LogP contribution in [0, 0.1) is 0 Å². The lowest BCUT2D eigenvalue weighted by atomic mass is 10.0. The summed E-state index contributed by atoms with van der Waals surface area (Å²) in [6.07, 6.45) is 3.14. The van der Waals surface area contributed by atoms with Crippen molar-refractivity contribution in [3.05, 3.63) is 64.7 Å². The van der Waals surface area contributed by atoms with Crippen LogP contribution in [-0.2, 0) is 9.53 Å². The van der Waals surface area contributed by atoms with Crippen molar-refractivity contribution >= 4 is 33.6 Å². The quantitative estimate of drug-likeness (QED) is 0.180. The number of unbranched alkanes of at least 4 members (excludes halogenated alkanes) is 1. The van der Waals surface area contributed by atoms with Crippen molar-refractivity contribution in [3.8, 4) is 11.5 Å². The van der Waals surface area contributed by atoms with Gasteiger partial charge < -0.3 is 14.6 Å². The fraction of sp³-hybridized carbons (Fsp3) is 0.238. The minimum absolute atomic E-state index is 0.0589. The van der Waals surface area contributed by atoms with E-state index in [1.165, 1.54) is 24.7 Å². The number of carbonyl (C=O) groups is 2. The molecule has 0 heterocycles. The first-order valence-corrected chi connectivity index (χ1v) is 9.93. The highest BCUT2D eigenvalue weighted by atomic mass is 79.9. The average Bonchev–Trinajstić information content (AvgIpc) is 2.74. The fourth-order valence-electron chi connectivity index (χ4n) is 2.66. The molecule has 8 nitrogen and oxygen atoms in total. The van der Waals surface area contributed by atoms with Gasteiger partial charge in [-0.25, -0.2) is 10.3 Å². The van der Waals surface area contributed by atoms with Gasteiger partial charge >= 0.3 is 6.09 Å². The molecule has 9 heteroatoms. The van der Waals surface area contributed by atoms with Gasteiger partial charge in [0.25, 0.3) is 5.91 Å². The monoisotopic (exact) mass is 478 g/mol. The Morgan fingerprint density at radius 3 is 2.57 bits per heavy atom. The molecule has 4 N–H and O–H groups in total. The van der Waals surface area contributed by atoms with E-state index in [0.29, 0.717) is 36.3 Å². The molecule has 0 unspecified atom stereocenters. The summed E-state index contributed by atoms with van der Waals surface area (Å²) >= 11 is 3.33. The van der Waals surface area contributed by atoms with Crippen LogP contribution in [0.1, 0.15) is 30.9 Å². The molecular formula is C21H23BrN2O6. The van der Waals surface area contributed by atoms with Crippen LogP contribution in [0.25, 0.3) is 0 Å². The van der Waals surface area contributed by atoms with E-state index in [1.807, 2.05) is 0 Å². The molecule has 1 atom stereocenters. The molecule has 0 saturated heterocycles. The van der Waals surface area contributed by atoms with Gasteiger partial charge in [-0.05, 0) is 61.2 Å². The smallest absolute Gasteiger partial charge is 0.412 e. The molecule has 30 heavy (non-hydrogen) atoms. The normalized spacial score (nSPS) is 11.7. The SMILES string of the molecule is COc1ccc([C@H](CCC/C=C/C(=O)NO)OC(=O)Nc2ccc(Br)cc2)cc1O. The minimum atomic E-state index is -0.632. The van der Waals surface area contributed by atoms with Crippen molar-refractivity contribution in [1.29, 1.82) is 0 Å². The Morgan fingerprint density at radius 1 is 1.20 bits per heavy atom. The van der Waals surface area contributed by atoms with E-state index in [1.54, 1.807) is 42.5 Å². The highest BCUT2D eigenvalue weighted by molar-refractivity contribution is 9.10. The number of hydrogen-bond donors (Lipinski definition) is 4. The number of benzene rings is 2. The second kappa shape index (κ2) is 11.8. The number of carbonyl (C=O) groups excluding carboxylic acids is 2. The Kier molecular flexibility index (Phi) is 9.17. The third kappa shape index (κ3) is 7.41. The lowest BCUT2D eigenvalue weighted by molar-refractivity contribution is -0.124. The van der Waals surface area contributed by atoms with E-state index in [0.717, 1.165) is 4.47 Å². The van der Waals surface area contributed by atoms with Crippen LogP contribution in [0.15, 0.2) is 59.1 Å². The molecule has 0 fully saturated rings. The fourth-order valence-corrected chi connectivity index (χ4v) is 2.92. The maximum absolute atomic E-state index is 12.4. The van der Waals surface area contributed by atoms with Gasteiger partial charge in [-0.2, -0.15) is 0 Å². The second-order valence-electron chi connectivity index (χ2n) is 6.27. The third-order valence-electron chi connectivity index (χ3n) is 4.13. The lowest BCUT2D eigenvalue weighted by Crippen LogP contribution is -2.17. The highest BCUT2D eigenvalue weighted by Crippen LogP contribution is 2.32. The van der Waals surface area contributed by atoms with E-state index >= 15 is 0 Å². The van der Waals surface area contributed by atoms with E-state index < -0.39 is 18.1 Å². The molecule has 2 amide bonds. The average molecular weight is 479 g/mol. The van der Waals surface area contributed by atoms with Gasteiger partial charge in [-0.15, -0.1) is 0 Å². The van der Waals surface area contributed by atoms with Gasteiger partial charge in [0.15, 0.2) is 11.5 Å². The molecule has 0 bridgehead atoms. The van der Waals surface area contributed by atoms with Gasteiger partial charge in [0.2, 0.25) is 0 Å². The molecule has 0 aliphatic heterocycles. The van der Waals surface area contributed by atoms with Crippen molar-refractivity contribution in [1.82, 2.24) is 5.48 Å². The number of halogens is 1. The first-order chi connectivity index (χ1) is 14.4. The van der Waals surface area contributed by atoms with Gasteiger partial charge in [-0.1, -0.05) is 28.1 Å². The summed E-state index contributed by atoms with van der Waals surface area (Å²) in [5.74, 6) is -0.358. The lowest BCUT2D eigenvalue weighted by Gasteiger charge is -2.19. The molecule has 2 aromatic carbocycles. The Bertz CT molecular complexity index is 886. The molecule has 0 aromatic heterocycles. The van der Waals surface area contributed by atoms with Gasteiger partial charge in [-0.3, -0.25) is 15.3 Å². The maximum Gasteiger partial charge on any atom is 0.412 e. The Balaban J connectivity index is 2.06. The minimum Gasteiger partial charge on any atom is -0.504 e. The summed E-state index contributed by atoms with van der Waals surface area (Å²) in [5.41, 5.74) is 2.70. The summed E-state index contributed by atoms with van der Waals surface area (Å²) in [7, 11) is 1.45. The molecule has 2 rings (SSSR count). The largest absolute Gasteiger partial charge is 0.504 e. The van der Waals surface area contributed by atoms with Crippen LogP contribution in [-0.4, -0.2) is 29.4 Å². The van der Waals surface area contributed by atoms with E-state index in [4.69, 9.17) is 14.7 Å². The Hall–Kier alpha value is -3.04. The zero-order chi connectivity index (χ0) is 21.9.